The van der Waals surface area contributed by atoms with Crippen molar-refractivity contribution in [1.29, 1.82) is 0 Å². The molecule has 0 amide bonds. The minimum atomic E-state index is -0.649. The summed E-state index contributed by atoms with van der Waals surface area (Å²) < 4.78 is 19.3. The van der Waals surface area contributed by atoms with Crippen molar-refractivity contribution in [2.24, 2.45) is 0 Å². The Morgan fingerprint density at radius 1 is 0.581 bits per heavy atom. The molecule has 0 spiro atoms. The van der Waals surface area contributed by atoms with Crippen LogP contribution in [0.1, 0.15) is 0 Å². The van der Waals surface area contributed by atoms with Crippen molar-refractivity contribution in [2.45, 2.75) is 0 Å². The molecule has 3 heterocycles. The molecular weight excluding hydrogens is 668 g/mol. The van der Waals surface area contributed by atoms with Gasteiger partial charge in [0.2, 0.25) is 0 Å². The zero-order valence-corrected chi connectivity index (χ0v) is 21.3. The van der Waals surface area contributed by atoms with Crippen LogP contribution in [0.25, 0.3) is 44.8 Å². The maximum Gasteiger partial charge on any atom is 0.349 e. The fraction of sp³-hybridized carbons (Fsp3) is 0. The van der Waals surface area contributed by atoms with Gasteiger partial charge in [-0.3, -0.25) is 0 Å². The van der Waals surface area contributed by atoms with E-state index in [2.05, 4.69) is 73.9 Å². The summed E-state index contributed by atoms with van der Waals surface area (Å²) in [6.07, 6.45) is 0. The van der Waals surface area contributed by atoms with E-state index in [1.54, 1.807) is 36.4 Å². The highest BCUT2D eigenvalue weighted by molar-refractivity contribution is 9.11. The molecule has 3 aromatic heterocycles. The Balaban J connectivity index is 1.66. The lowest BCUT2D eigenvalue weighted by Crippen LogP contribution is -2.03. The van der Waals surface area contributed by atoms with Crippen molar-refractivity contribution < 1.29 is 13.3 Å². The summed E-state index contributed by atoms with van der Waals surface area (Å²) in [6, 6.07) is 10.3. The van der Waals surface area contributed by atoms with Gasteiger partial charge >= 0.3 is 11.3 Å². The van der Waals surface area contributed by atoms with E-state index < -0.39 is 11.3 Å². The van der Waals surface area contributed by atoms with E-state index in [1.807, 2.05) is 0 Å². The molecule has 11 heteroatoms. The Hall–Kier alpha value is -2.08. The van der Waals surface area contributed by atoms with Crippen molar-refractivity contribution in [2.75, 3.05) is 0 Å². The van der Waals surface area contributed by atoms with Crippen LogP contribution in [0.15, 0.2) is 77.1 Å². The Kier molecular flexibility index (Phi) is 5.24. The van der Waals surface area contributed by atoms with Gasteiger partial charge in [0.25, 0.3) is 11.8 Å². The summed E-state index contributed by atoms with van der Waals surface area (Å²) in [5, 5.41) is 9.16. The molecule has 0 N–H and O–H groups in total. The van der Waals surface area contributed by atoms with Gasteiger partial charge in [-0.2, -0.15) is 0 Å². The lowest BCUT2D eigenvalue weighted by atomic mass is 10.2. The van der Waals surface area contributed by atoms with Gasteiger partial charge in [0.05, 0.1) is 8.95 Å². The topological polar surface area (TPSA) is 99.3 Å². The molecule has 7 nitrogen and oxygen atoms in total. The molecule has 0 bridgehead atoms. The van der Waals surface area contributed by atoms with Crippen LogP contribution in [-0.4, -0.2) is 10.2 Å². The predicted molar refractivity (Wildman–Crippen MR) is 128 cm³/mol. The van der Waals surface area contributed by atoms with Crippen LogP contribution < -0.4 is 11.3 Å². The molecule has 0 saturated heterocycles. The molecule has 0 aliphatic carbocycles. The van der Waals surface area contributed by atoms with Gasteiger partial charge in [0, 0.05) is 19.7 Å². The van der Waals surface area contributed by atoms with Crippen LogP contribution in [0.2, 0.25) is 0 Å². The summed E-state index contributed by atoms with van der Waals surface area (Å²) >= 11 is 13.5. The number of nitrogens with zero attached hydrogens (tertiary/aromatic N) is 2. The number of fused-ring (bicyclic) bond motifs is 2. The molecule has 154 valence electrons. The number of halogens is 4. The van der Waals surface area contributed by atoms with Crippen LogP contribution in [0.5, 0.6) is 0 Å². The molecule has 0 unspecified atom stereocenters. The second-order valence-electron chi connectivity index (χ2n) is 6.42. The van der Waals surface area contributed by atoms with Crippen molar-refractivity contribution in [3.05, 3.63) is 75.1 Å². The Labute approximate surface area is 206 Å². The lowest BCUT2D eigenvalue weighted by molar-refractivity contribution is 0.537. The molecular formula is C20H6Br4N2O5. The van der Waals surface area contributed by atoms with Crippen molar-refractivity contribution in [1.82, 2.24) is 10.2 Å². The largest absolute Gasteiger partial charge is 0.421 e. The second-order valence-corrected chi connectivity index (χ2v) is 9.96. The van der Waals surface area contributed by atoms with Gasteiger partial charge in [-0.05, 0) is 68.3 Å². The van der Waals surface area contributed by atoms with E-state index in [-0.39, 0.29) is 22.9 Å². The molecule has 2 aromatic carbocycles. The maximum absolute atomic E-state index is 12.5. The van der Waals surface area contributed by atoms with E-state index in [1.165, 1.54) is 0 Å². The van der Waals surface area contributed by atoms with Gasteiger partial charge in [-0.1, -0.05) is 31.9 Å². The minimum Gasteiger partial charge on any atom is -0.421 e. The zero-order valence-electron chi connectivity index (χ0n) is 14.9. The molecule has 0 aliphatic heterocycles. The molecule has 0 atom stereocenters. The molecule has 0 radical (unpaired) electrons. The number of hydrogen-bond acceptors (Lipinski definition) is 7. The average molecular weight is 674 g/mol. The number of hydrogen-bond donors (Lipinski definition) is 0. The van der Waals surface area contributed by atoms with E-state index in [4.69, 9.17) is 13.3 Å². The molecule has 5 aromatic rings. The van der Waals surface area contributed by atoms with Gasteiger partial charge < -0.3 is 13.3 Å². The smallest absolute Gasteiger partial charge is 0.349 e. The molecule has 0 aliphatic rings. The third-order valence-electron chi connectivity index (χ3n) is 4.39. The van der Waals surface area contributed by atoms with Crippen LogP contribution >= 0.6 is 63.7 Å². The number of aromatic nitrogens is 2. The first-order valence-corrected chi connectivity index (χ1v) is 11.7. The maximum atomic E-state index is 12.5. The Morgan fingerprint density at radius 3 is 1.42 bits per heavy atom. The third-order valence-corrected chi connectivity index (χ3v) is 6.48. The predicted octanol–water partition coefficient (Wildman–Crippen LogP) is 6.67. The average Bonchev–Trinajstić information content (AvgIpc) is 3.18. The van der Waals surface area contributed by atoms with E-state index in [0.29, 0.717) is 30.9 Å². The monoisotopic (exact) mass is 670 g/mol. The van der Waals surface area contributed by atoms with E-state index >= 15 is 0 Å². The summed E-state index contributed by atoms with van der Waals surface area (Å²) in [6.45, 7) is 0. The highest BCUT2D eigenvalue weighted by atomic mass is 79.9. The zero-order chi connectivity index (χ0) is 21.9. The van der Waals surface area contributed by atoms with Crippen LogP contribution in [0.4, 0.5) is 0 Å². The van der Waals surface area contributed by atoms with Gasteiger partial charge in [0.1, 0.15) is 11.1 Å². The Morgan fingerprint density at radius 2 is 1.00 bits per heavy atom. The summed E-state index contributed by atoms with van der Waals surface area (Å²) in [5.74, 6) is -0.145. The third kappa shape index (κ3) is 3.73. The Bertz CT molecular complexity index is 1520. The van der Waals surface area contributed by atoms with Gasteiger partial charge in [-0.15, -0.1) is 10.2 Å². The highest BCUT2D eigenvalue weighted by Gasteiger charge is 2.20. The highest BCUT2D eigenvalue weighted by Crippen LogP contribution is 2.32. The van der Waals surface area contributed by atoms with Gasteiger partial charge in [-0.25, -0.2) is 9.59 Å². The fourth-order valence-corrected chi connectivity index (χ4v) is 5.73. The number of rotatable bonds is 2. The summed E-state index contributed by atoms with van der Waals surface area (Å²) in [7, 11) is 0. The van der Waals surface area contributed by atoms with E-state index in [9.17, 15) is 9.59 Å². The summed E-state index contributed by atoms with van der Waals surface area (Å²) in [4.78, 5) is 25.0. The van der Waals surface area contributed by atoms with Gasteiger partial charge in [0.15, 0.2) is 11.2 Å². The first-order valence-electron chi connectivity index (χ1n) is 8.50. The molecule has 31 heavy (non-hydrogen) atoms. The minimum absolute atomic E-state index is 0.0725. The van der Waals surface area contributed by atoms with Crippen molar-refractivity contribution in [3.63, 3.8) is 0 Å². The standard InChI is InChI=1S/C20H6Br4N2O5/c21-9-1-7-3-11(19(27)29-15(7)13(23)5-9)17-25-26-18(31-17)12-4-8-2-10(22)6-14(24)16(8)30-20(12)28/h1-6H. The van der Waals surface area contributed by atoms with Crippen molar-refractivity contribution in [3.8, 4) is 22.9 Å². The molecule has 0 saturated carbocycles. The normalized spacial score (nSPS) is 11.5. The lowest BCUT2D eigenvalue weighted by Gasteiger charge is -2.03. The quantitative estimate of drug-likeness (QED) is 0.193. The second kappa shape index (κ2) is 7.80. The van der Waals surface area contributed by atoms with Crippen LogP contribution in [-0.2, 0) is 0 Å². The molecule has 0 fully saturated rings. The fourth-order valence-electron chi connectivity index (χ4n) is 3.05. The van der Waals surface area contributed by atoms with Crippen molar-refractivity contribution >= 4 is 85.7 Å². The van der Waals surface area contributed by atoms with E-state index in [0.717, 1.165) is 8.95 Å². The first kappa shape index (κ1) is 20.8. The van der Waals surface area contributed by atoms with Crippen LogP contribution in [0.3, 0.4) is 0 Å². The summed E-state index contributed by atoms with van der Waals surface area (Å²) in [5.41, 5.74) is -0.363. The first-order chi connectivity index (χ1) is 14.8. The SMILES string of the molecule is O=c1oc2c(Br)cc(Br)cc2cc1-c1nnc(-c2cc3cc(Br)cc(Br)c3oc2=O)o1. The number of benzene rings is 2. The van der Waals surface area contributed by atoms with Crippen LogP contribution in [0, 0.1) is 0 Å². The molecule has 5 rings (SSSR count).